The first-order chi connectivity index (χ1) is 19.4. The monoisotopic (exact) mass is 574 g/mol. The lowest BCUT2D eigenvalue weighted by Gasteiger charge is -2.18. The molecular formula is C33H50O6S. The Labute approximate surface area is 242 Å². The summed E-state index contributed by atoms with van der Waals surface area (Å²) >= 11 is 0. The zero-order valence-corrected chi connectivity index (χ0v) is 25.5. The van der Waals surface area contributed by atoms with E-state index in [-0.39, 0.29) is 18.1 Å². The first kappa shape index (κ1) is 34.0. The summed E-state index contributed by atoms with van der Waals surface area (Å²) in [6.07, 6.45) is 17.2. The van der Waals surface area contributed by atoms with Crippen LogP contribution >= 0.6 is 0 Å². The minimum absolute atomic E-state index is 0.0644. The fourth-order valence-electron chi connectivity index (χ4n) is 4.46. The third-order valence-corrected chi connectivity index (χ3v) is 8.24. The Morgan fingerprint density at radius 2 is 1.23 bits per heavy atom. The molecule has 6 nitrogen and oxygen atoms in total. The molecule has 0 aliphatic rings. The van der Waals surface area contributed by atoms with Crippen LogP contribution in [0, 0.1) is 6.92 Å². The predicted molar refractivity (Wildman–Crippen MR) is 161 cm³/mol. The maximum absolute atomic E-state index is 12.6. The average molecular weight is 575 g/mol. The topological polar surface area (TPSA) is 78.9 Å². The highest BCUT2D eigenvalue weighted by Gasteiger charge is 2.22. The van der Waals surface area contributed by atoms with Gasteiger partial charge in [-0.15, -0.1) is 0 Å². The molecule has 0 unspecified atom stereocenters. The Hall–Kier alpha value is -2.22. The van der Waals surface area contributed by atoms with Crippen molar-refractivity contribution in [3.05, 3.63) is 65.7 Å². The number of esters is 1. The second-order valence-corrected chi connectivity index (χ2v) is 12.2. The zero-order chi connectivity index (χ0) is 28.9. The predicted octanol–water partition coefficient (Wildman–Crippen LogP) is 8.42. The van der Waals surface area contributed by atoms with Crippen LogP contribution in [-0.2, 0) is 23.8 Å². The molecule has 40 heavy (non-hydrogen) atoms. The van der Waals surface area contributed by atoms with Crippen LogP contribution in [0.1, 0.15) is 113 Å². The van der Waals surface area contributed by atoms with Crippen molar-refractivity contribution in [2.24, 2.45) is 0 Å². The highest BCUT2D eigenvalue weighted by Crippen LogP contribution is 2.16. The van der Waals surface area contributed by atoms with Crippen molar-refractivity contribution in [3.63, 3.8) is 0 Å². The molecule has 0 aliphatic heterocycles. The van der Waals surface area contributed by atoms with Gasteiger partial charge in [0.05, 0.1) is 17.1 Å². The molecule has 2 aromatic rings. The number of carbonyl (C=O) groups excluding carboxylic acids is 1. The molecule has 2 rings (SSSR count). The van der Waals surface area contributed by atoms with Crippen LogP contribution in [0.15, 0.2) is 59.5 Å². The zero-order valence-electron chi connectivity index (χ0n) is 24.7. The molecule has 1 atom stereocenters. The molecule has 0 saturated heterocycles. The van der Waals surface area contributed by atoms with Crippen molar-refractivity contribution in [2.45, 2.75) is 115 Å². The van der Waals surface area contributed by atoms with E-state index in [2.05, 4.69) is 6.92 Å². The lowest BCUT2D eigenvalue weighted by Crippen LogP contribution is -2.30. The number of rotatable bonds is 23. The SMILES string of the molecule is CCCCCCCCCCCCCCCCOC[C@H](COS(=O)(=O)c1ccc(C)cc1)OC(=O)c1ccccc1. The highest BCUT2D eigenvalue weighted by molar-refractivity contribution is 7.86. The molecule has 0 radical (unpaired) electrons. The molecule has 224 valence electrons. The molecule has 0 spiro atoms. The van der Waals surface area contributed by atoms with Crippen LogP contribution in [0.3, 0.4) is 0 Å². The van der Waals surface area contributed by atoms with Gasteiger partial charge >= 0.3 is 5.97 Å². The number of unbranched alkanes of at least 4 members (excludes halogenated alkanes) is 13. The van der Waals surface area contributed by atoms with E-state index in [1.54, 1.807) is 36.4 Å². The summed E-state index contributed by atoms with van der Waals surface area (Å²) in [5, 5.41) is 0. The summed E-state index contributed by atoms with van der Waals surface area (Å²) in [7, 11) is -3.98. The molecule has 2 aromatic carbocycles. The summed E-state index contributed by atoms with van der Waals surface area (Å²) in [5.41, 5.74) is 1.34. The minimum atomic E-state index is -3.98. The maximum Gasteiger partial charge on any atom is 0.338 e. The summed E-state index contributed by atoms with van der Waals surface area (Å²) in [6, 6.07) is 15.0. The molecule has 0 saturated carbocycles. The highest BCUT2D eigenvalue weighted by atomic mass is 32.2. The number of hydrogen-bond donors (Lipinski definition) is 0. The normalized spacial score (nSPS) is 12.3. The molecular weight excluding hydrogens is 524 g/mol. The van der Waals surface area contributed by atoms with Gasteiger partial charge in [-0.05, 0) is 37.6 Å². The summed E-state index contributed by atoms with van der Waals surface area (Å²) in [5.74, 6) is -0.540. The van der Waals surface area contributed by atoms with Crippen molar-refractivity contribution in [1.29, 1.82) is 0 Å². The Balaban J connectivity index is 1.65. The van der Waals surface area contributed by atoms with Gasteiger partial charge in [-0.3, -0.25) is 4.18 Å². The Morgan fingerprint density at radius 1 is 0.700 bits per heavy atom. The lowest BCUT2D eigenvalue weighted by molar-refractivity contribution is -0.0196. The number of carbonyl (C=O) groups is 1. The first-order valence-electron chi connectivity index (χ1n) is 15.2. The minimum Gasteiger partial charge on any atom is -0.454 e. The van der Waals surface area contributed by atoms with Crippen molar-refractivity contribution in [1.82, 2.24) is 0 Å². The molecule has 0 bridgehead atoms. The van der Waals surface area contributed by atoms with Crippen LogP contribution in [-0.4, -0.2) is 40.3 Å². The smallest absolute Gasteiger partial charge is 0.338 e. The number of hydrogen-bond acceptors (Lipinski definition) is 6. The summed E-state index contributed by atoms with van der Waals surface area (Å²) < 4.78 is 41.8. The van der Waals surface area contributed by atoms with Crippen molar-refractivity contribution >= 4 is 16.1 Å². The fourth-order valence-corrected chi connectivity index (χ4v) is 5.40. The van der Waals surface area contributed by atoms with Gasteiger partial charge in [-0.25, -0.2) is 4.79 Å². The van der Waals surface area contributed by atoms with Gasteiger partial charge in [0.2, 0.25) is 0 Å². The van der Waals surface area contributed by atoms with E-state index >= 15 is 0 Å². The van der Waals surface area contributed by atoms with Gasteiger partial charge in [0.15, 0.2) is 6.10 Å². The van der Waals surface area contributed by atoms with Crippen LogP contribution in [0.5, 0.6) is 0 Å². The third-order valence-electron chi connectivity index (χ3n) is 6.95. The molecule has 7 heteroatoms. The fraction of sp³-hybridized carbons (Fsp3) is 0.606. The van der Waals surface area contributed by atoms with E-state index in [9.17, 15) is 13.2 Å². The van der Waals surface area contributed by atoms with Crippen LogP contribution in [0.25, 0.3) is 0 Å². The van der Waals surface area contributed by atoms with Gasteiger partial charge in [-0.2, -0.15) is 8.42 Å². The van der Waals surface area contributed by atoms with Crippen LogP contribution < -0.4 is 0 Å². The number of aryl methyl sites for hydroxylation is 1. The van der Waals surface area contributed by atoms with Gasteiger partial charge in [0.1, 0.15) is 6.61 Å². The third kappa shape index (κ3) is 15.0. The summed E-state index contributed by atoms with van der Waals surface area (Å²) in [6.45, 7) is 4.43. The van der Waals surface area contributed by atoms with E-state index < -0.39 is 22.2 Å². The van der Waals surface area contributed by atoms with Crippen molar-refractivity contribution in [2.75, 3.05) is 19.8 Å². The number of benzene rings is 2. The molecule has 0 fully saturated rings. The maximum atomic E-state index is 12.6. The Kier molecular flexibility index (Phi) is 17.5. The van der Waals surface area contributed by atoms with Gasteiger partial charge in [0, 0.05) is 6.61 Å². The van der Waals surface area contributed by atoms with Crippen LogP contribution in [0.2, 0.25) is 0 Å². The summed E-state index contributed by atoms with van der Waals surface area (Å²) in [4.78, 5) is 12.6. The van der Waals surface area contributed by atoms with Gasteiger partial charge in [0.25, 0.3) is 10.1 Å². The van der Waals surface area contributed by atoms with Crippen molar-refractivity contribution in [3.8, 4) is 0 Å². The van der Waals surface area contributed by atoms with E-state index in [0.29, 0.717) is 12.2 Å². The van der Waals surface area contributed by atoms with Gasteiger partial charge in [-0.1, -0.05) is 126 Å². The second-order valence-electron chi connectivity index (χ2n) is 10.6. The number of ether oxygens (including phenoxy) is 2. The average Bonchev–Trinajstić information content (AvgIpc) is 2.96. The molecule has 0 aliphatic carbocycles. The van der Waals surface area contributed by atoms with E-state index in [1.165, 1.54) is 89.2 Å². The van der Waals surface area contributed by atoms with E-state index in [1.807, 2.05) is 13.0 Å². The van der Waals surface area contributed by atoms with Crippen LogP contribution in [0.4, 0.5) is 0 Å². The first-order valence-corrected chi connectivity index (χ1v) is 16.6. The Morgan fingerprint density at radius 3 is 1.77 bits per heavy atom. The molecule has 0 amide bonds. The Bertz CT molecular complexity index is 1020. The molecule has 0 aromatic heterocycles. The lowest BCUT2D eigenvalue weighted by atomic mass is 10.0. The van der Waals surface area contributed by atoms with Gasteiger partial charge < -0.3 is 9.47 Å². The second kappa shape index (κ2) is 20.6. The van der Waals surface area contributed by atoms with Crippen molar-refractivity contribution < 1.29 is 26.9 Å². The quantitative estimate of drug-likeness (QED) is 0.0753. The van der Waals surface area contributed by atoms with E-state index in [4.69, 9.17) is 13.7 Å². The molecule has 0 heterocycles. The van der Waals surface area contributed by atoms with E-state index in [0.717, 1.165) is 18.4 Å². The standard InChI is InChI=1S/C33H50O6S/c1-3-4-5-6-7-8-9-10-11-12-13-14-15-19-26-37-27-31(39-33(34)30-20-17-16-18-21-30)28-38-40(35,36)32-24-22-29(2)23-25-32/h16-18,20-25,31H,3-15,19,26-28H2,1-2H3/t31-/m1/s1. The largest absolute Gasteiger partial charge is 0.454 e. The molecule has 0 N–H and O–H groups in total.